The Hall–Kier alpha value is -5.11. The zero-order valence-corrected chi connectivity index (χ0v) is 33.2. The van der Waals surface area contributed by atoms with E-state index in [1.54, 1.807) is 110 Å². The molecule has 0 radical (unpaired) electrons. The first-order valence-electron chi connectivity index (χ1n) is 17.5. The topological polar surface area (TPSA) is 181 Å². The van der Waals surface area contributed by atoms with Gasteiger partial charge in [0.2, 0.25) is 0 Å². The summed E-state index contributed by atoms with van der Waals surface area (Å²) in [5.41, 5.74) is 1.00. The van der Waals surface area contributed by atoms with Crippen molar-refractivity contribution in [3.05, 3.63) is 148 Å². The molecular formula is C42H37N4NaO7S. The number of nitrogens with one attached hydrogen (secondary N) is 2. The van der Waals surface area contributed by atoms with Crippen LogP contribution in [-0.4, -0.2) is 48.1 Å². The van der Waals surface area contributed by atoms with Gasteiger partial charge in [0.1, 0.15) is 21.6 Å². The Kier molecular flexibility index (Phi) is 11.7. The molecule has 274 valence electrons. The van der Waals surface area contributed by atoms with Crippen molar-refractivity contribution in [3.63, 3.8) is 0 Å². The third-order valence-corrected chi connectivity index (χ3v) is 10.9. The molecule has 0 aliphatic carbocycles. The molecule has 2 bridgehead atoms. The summed E-state index contributed by atoms with van der Waals surface area (Å²) in [5, 5.41) is 31.5. The van der Waals surface area contributed by atoms with Crippen LogP contribution in [0, 0.1) is 11.8 Å². The molecule has 0 aromatic heterocycles. The van der Waals surface area contributed by atoms with Gasteiger partial charge in [0.05, 0.1) is 38.5 Å². The van der Waals surface area contributed by atoms with E-state index in [2.05, 4.69) is 10.6 Å². The van der Waals surface area contributed by atoms with Gasteiger partial charge in [-0.3, -0.25) is 19.6 Å². The summed E-state index contributed by atoms with van der Waals surface area (Å²) in [6, 6.07) is 29.4. The number of nitrogens with zero attached hydrogens (tertiary/aromatic N) is 2. The number of benzene rings is 6. The van der Waals surface area contributed by atoms with Crippen molar-refractivity contribution in [2.24, 2.45) is 21.8 Å². The standard InChI is InChI=1S/C42H38N4O7S.Na/c1-24-22-43-31-20-21-32(36-35(31)39(47)28-16-9-10-17-29(28)40(36)48)44-23-25(2)38(46-42(50)27-14-7-4-8-15-27)34-30(18-11-19-33(34)54(51,52)53)37(24)45-41(49)26-12-5-3-6-13-26;/h3-21,24-25,37-38,47-48H,22-23H2,1-2H3,(H,45,49)(H,46,50)(H,51,52,53);/q;+1/p-1. The zero-order chi connectivity index (χ0) is 38.1. The molecule has 55 heavy (non-hydrogen) atoms. The van der Waals surface area contributed by atoms with Gasteiger partial charge in [-0.2, -0.15) is 0 Å². The van der Waals surface area contributed by atoms with Gasteiger partial charge in [0, 0.05) is 46.8 Å². The maximum absolute atomic E-state index is 13.9. The van der Waals surface area contributed by atoms with E-state index in [4.69, 9.17) is 9.98 Å². The van der Waals surface area contributed by atoms with Crippen LogP contribution in [0.5, 0.6) is 11.5 Å². The average Bonchev–Trinajstić information content (AvgIpc) is 3.18. The average molecular weight is 765 g/mol. The zero-order valence-electron chi connectivity index (χ0n) is 30.4. The molecule has 0 saturated carbocycles. The Morgan fingerprint density at radius 2 is 1.07 bits per heavy atom. The Balaban J connectivity index is 0.00000514. The van der Waals surface area contributed by atoms with E-state index in [1.165, 1.54) is 12.1 Å². The number of carbonyl (C=O) groups is 2. The molecule has 2 amide bonds. The van der Waals surface area contributed by atoms with E-state index in [-0.39, 0.29) is 65.1 Å². The second kappa shape index (κ2) is 16.3. The Labute approximate surface area is 339 Å². The number of hydrogen-bond donors (Lipinski definition) is 4. The predicted molar refractivity (Wildman–Crippen MR) is 203 cm³/mol. The fourth-order valence-corrected chi connectivity index (χ4v) is 7.98. The maximum atomic E-state index is 13.9. The fourth-order valence-electron chi connectivity index (χ4n) is 7.22. The molecule has 1 heterocycles. The molecule has 4 unspecified atom stereocenters. The molecule has 0 fully saturated rings. The number of hydrogen-bond acceptors (Lipinski definition) is 9. The molecule has 11 nitrogen and oxygen atoms in total. The number of carbonyl (C=O) groups excluding carboxylic acids is 2. The molecule has 0 spiro atoms. The van der Waals surface area contributed by atoms with E-state index in [9.17, 15) is 32.8 Å². The van der Waals surface area contributed by atoms with E-state index < -0.39 is 50.7 Å². The molecule has 6 aromatic carbocycles. The van der Waals surface area contributed by atoms with Gasteiger partial charge in [-0.25, -0.2) is 8.42 Å². The summed E-state index contributed by atoms with van der Waals surface area (Å²) in [6.45, 7) is 3.61. The van der Waals surface area contributed by atoms with Crippen LogP contribution in [0.3, 0.4) is 0 Å². The summed E-state index contributed by atoms with van der Waals surface area (Å²) >= 11 is 0. The quantitative estimate of drug-likeness (QED) is 0.0901. The summed E-state index contributed by atoms with van der Waals surface area (Å²) in [5.74, 6) is -2.38. The first-order chi connectivity index (χ1) is 25.9. The van der Waals surface area contributed by atoms with Gasteiger partial charge in [-0.15, -0.1) is 0 Å². The fraction of sp³-hybridized carbons (Fsp3) is 0.190. The molecular weight excluding hydrogens is 728 g/mol. The van der Waals surface area contributed by atoms with Crippen LogP contribution >= 0.6 is 0 Å². The van der Waals surface area contributed by atoms with E-state index in [1.807, 2.05) is 6.92 Å². The van der Waals surface area contributed by atoms with E-state index >= 15 is 0 Å². The summed E-state index contributed by atoms with van der Waals surface area (Å²) in [6.07, 6.45) is 0. The Morgan fingerprint density at radius 3 is 1.55 bits per heavy atom. The number of aromatic hydroxyl groups is 2. The minimum Gasteiger partial charge on any atom is -0.744 e. The van der Waals surface area contributed by atoms with Crippen molar-refractivity contribution in [2.75, 3.05) is 13.1 Å². The Morgan fingerprint density at radius 1 is 0.636 bits per heavy atom. The number of phenolic OH excluding ortho intramolecular Hbond substituents is 2. The third-order valence-electron chi connectivity index (χ3n) is 9.97. The summed E-state index contributed by atoms with van der Waals surface area (Å²) in [7, 11) is -5.13. The van der Waals surface area contributed by atoms with Crippen molar-refractivity contribution < 1.29 is 62.3 Å². The van der Waals surface area contributed by atoms with Crippen LogP contribution in [0.4, 0.5) is 0 Å². The van der Waals surface area contributed by atoms with Crippen LogP contribution in [0.1, 0.15) is 57.8 Å². The largest absolute Gasteiger partial charge is 1.00 e. The smallest absolute Gasteiger partial charge is 0.744 e. The van der Waals surface area contributed by atoms with Gasteiger partial charge >= 0.3 is 29.6 Å². The number of fused-ring (bicyclic) bond motifs is 8. The molecule has 4 atom stereocenters. The molecule has 0 saturated heterocycles. The summed E-state index contributed by atoms with van der Waals surface area (Å²) < 4.78 is 39.2. The van der Waals surface area contributed by atoms with Crippen LogP contribution in [-0.2, 0) is 10.1 Å². The second-order valence-electron chi connectivity index (χ2n) is 13.6. The van der Waals surface area contributed by atoms with Crippen molar-refractivity contribution in [1.82, 2.24) is 10.6 Å². The van der Waals surface area contributed by atoms with Crippen molar-refractivity contribution in [2.45, 2.75) is 30.8 Å². The molecule has 13 heteroatoms. The molecule has 4 N–H and O–H groups in total. The van der Waals surface area contributed by atoms with Crippen LogP contribution in [0.15, 0.2) is 130 Å². The second-order valence-corrected chi connectivity index (χ2v) is 14.9. The molecule has 6 aromatic rings. The van der Waals surface area contributed by atoms with Gasteiger partial charge in [-0.1, -0.05) is 86.6 Å². The third kappa shape index (κ3) is 7.87. The predicted octanol–water partition coefficient (Wildman–Crippen LogP) is 2.48. The summed E-state index contributed by atoms with van der Waals surface area (Å²) in [4.78, 5) is 37.0. The first-order valence-corrected chi connectivity index (χ1v) is 18.9. The number of amides is 2. The van der Waals surface area contributed by atoms with Gasteiger partial charge in [0.15, 0.2) is 0 Å². The van der Waals surface area contributed by atoms with Crippen molar-refractivity contribution in [1.29, 1.82) is 0 Å². The van der Waals surface area contributed by atoms with Gasteiger partial charge < -0.3 is 25.4 Å². The van der Waals surface area contributed by atoms with Crippen molar-refractivity contribution in [3.8, 4) is 11.5 Å². The van der Waals surface area contributed by atoms with Crippen LogP contribution in [0.2, 0.25) is 0 Å². The monoisotopic (exact) mass is 764 g/mol. The van der Waals surface area contributed by atoms with Gasteiger partial charge in [-0.05, 0) is 53.6 Å². The SMILES string of the molecule is CC1CN=c2ccc(c3c(O)c4ccccc4c(O)c23)=NCC(C)C(NC(=O)c2ccccc2)c2c(cccc2S(=O)(=O)[O-])C1NC(=O)c1ccccc1.[Na+]. The minimum atomic E-state index is -5.13. The number of phenols is 2. The molecule has 7 rings (SSSR count). The normalized spacial score (nSPS) is 18.5. The van der Waals surface area contributed by atoms with E-state index in [0.29, 0.717) is 43.6 Å². The van der Waals surface area contributed by atoms with Crippen LogP contribution < -0.4 is 50.9 Å². The molecule has 1 aliphatic rings. The maximum Gasteiger partial charge on any atom is 1.00 e. The minimum absolute atomic E-state index is 0. The van der Waals surface area contributed by atoms with Crippen molar-refractivity contribution >= 4 is 43.5 Å². The first kappa shape index (κ1) is 39.6. The number of rotatable bonds is 5. The van der Waals surface area contributed by atoms with Gasteiger partial charge in [0.25, 0.3) is 11.8 Å². The molecule has 1 aliphatic heterocycles. The Bertz CT molecular complexity index is 2660. The van der Waals surface area contributed by atoms with E-state index in [0.717, 1.165) is 0 Å². The van der Waals surface area contributed by atoms with Crippen LogP contribution in [0.25, 0.3) is 21.5 Å².